The van der Waals surface area contributed by atoms with E-state index in [0.717, 1.165) is 5.57 Å². The zero-order valence-electron chi connectivity index (χ0n) is 6.01. The number of carbonyl (C=O) groups is 1. The van der Waals surface area contributed by atoms with E-state index in [4.69, 9.17) is 5.11 Å². The smallest absolute Gasteiger partial charge is 0.310 e. The summed E-state index contributed by atoms with van der Waals surface area (Å²) in [5.41, 5.74) is 0.905. The highest BCUT2D eigenvalue weighted by molar-refractivity contribution is 5.72. The van der Waals surface area contributed by atoms with E-state index in [1.54, 1.807) is 6.92 Å². The van der Waals surface area contributed by atoms with Crippen molar-refractivity contribution in [3.63, 3.8) is 0 Å². The maximum Gasteiger partial charge on any atom is 0.310 e. The van der Waals surface area contributed by atoms with Gasteiger partial charge in [-0.05, 0) is 20.8 Å². The molecule has 0 amide bonds. The van der Waals surface area contributed by atoms with E-state index in [1.165, 1.54) is 0 Å². The number of carboxylic acid groups (broad SMARTS) is 1. The molecule has 0 spiro atoms. The monoisotopic (exact) mass is 128 g/mol. The minimum Gasteiger partial charge on any atom is -0.481 e. The molecule has 1 atom stereocenters. The molecule has 2 nitrogen and oxygen atoms in total. The summed E-state index contributed by atoms with van der Waals surface area (Å²) in [4.78, 5) is 10.3. The average molecular weight is 128 g/mol. The Labute approximate surface area is 55.2 Å². The molecule has 0 aliphatic carbocycles. The summed E-state index contributed by atoms with van der Waals surface area (Å²) in [5.74, 6) is -1.10. The van der Waals surface area contributed by atoms with E-state index in [2.05, 4.69) is 0 Å². The predicted octanol–water partition coefficient (Wildman–Crippen LogP) is 1.67. The molecule has 0 bridgehead atoms. The van der Waals surface area contributed by atoms with Gasteiger partial charge in [-0.15, -0.1) is 0 Å². The van der Waals surface area contributed by atoms with E-state index in [0.29, 0.717) is 0 Å². The van der Waals surface area contributed by atoms with Crippen LogP contribution in [0.25, 0.3) is 0 Å². The lowest BCUT2D eigenvalue weighted by molar-refractivity contribution is -0.139. The van der Waals surface area contributed by atoms with Gasteiger partial charge in [-0.2, -0.15) is 0 Å². The van der Waals surface area contributed by atoms with Crippen molar-refractivity contribution in [1.82, 2.24) is 0 Å². The van der Waals surface area contributed by atoms with Crippen LogP contribution in [-0.4, -0.2) is 11.1 Å². The van der Waals surface area contributed by atoms with E-state index >= 15 is 0 Å². The van der Waals surface area contributed by atoms with Crippen molar-refractivity contribution in [3.8, 4) is 0 Å². The van der Waals surface area contributed by atoms with Crippen LogP contribution in [0.4, 0.5) is 0 Å². The highest BCUT2D eigenvalue weighted by Crippen LogP contribution is 2.07. The fraction of sp³-hybridized carbons (Fsp3) is 0.571. The highest BCUT2D eigenvalue weighted by Gasteiger charge is 2.10. The molecule has 0 fully saturated rings. The molecule has 1 N–H and O–H groups in total. The number of carboxylic acids is 1. The van der Waals surface area contributed by atoms with Crippen molar-refractivity contribution >= 4 is 5.97 Å². The van der Waals surface area contributed by atoms with Gasteiger partial charge in [-0.1, -0.05) is 11.6 Å². The Morgan fingerprint density at radius 1 is 1.67 bits per heavy atom. The van der Waals surface area contributed by atoms with Crippen molar-refractivity contribution in [2.45, 2.75) is 20.8 Å². The number of allylic oxidation sites excluding steroid dienone is 1. The van der Waals surface area contributed by atoms with Gasteiger partial charge >= 0.3 is 5.97 Å². The van der Waals surface area contributed by atoms with Crippen LogP contribution >= 0.6 is 0 Å². The maximum atomic E-state index is 10.3. The third-order valence-electron chi connectivity index (χ3n) is 1.51. The van der Waals surface area contributed by atoms with Crippen molar-refractivity contribution in [1.29, 1.82) is 0 Å². The van der Waals surface area contributed by atoms with E-state index in [-0.39, 0.29) is 5.92 Å². The highest BCUT2D eigenvalue weighted by atomic mass is 16.4. The average Bonchev–Trinajstić information content (AvgIpc) is 1.84. The van der Waals surface area contributed by atoms with Crippen LogP contribution in [-0.2, 0) is 4.79 Å². The van der Waals surface area contributed by atoms with Gasteiger partial charge in [0.25, 0.3) is 0 Å². The molecule has 0 aromatic heterocycles. The van der Waals surface area contributed by atoms with Gasteiger partial charge in [0, 0.05) is 0 Å². The van der Waals surface area contributed by atoms with E-state index < -0.39 is 5.97 Å². The van der Waals surface area contributed by atoms with Crippen molar-refractivity contribution in [2.75, 3.05) is 0 Å². The van der Waals surface area contributed by atoms with Gasteiger partial charge in [-0.3, -0.25) is 4.79 Å². The molecule has 0 heterocycles. The molecule has 0 rings (SSSR count). The van der Waals surface area contributed by atoms with E-state index in [9.17, 15) is 4.79 Å². The number of rotatable bonds is 2. The molecule has 0 aliphatic heterocycles. The fourth-order valence-corrected chi connectivity index (χ4v) is 0.445. The van der Waals surface area contributed by atoms with Crippen LogP contribution in [0.1, 0.15) is 20.8 Å². The lowest BCUT2D eigenvalue weighted by Crippen LogP contribution is -2.09. The van der Waals surface area contributed by atoms with E-state index in [1.807, 2.05) is 19.9 Å². The maximum absolute atomic E-state index is 10.3. The van der Waals surface area contributed by atoms with Crippen molar-refractivity contribution < 1.29 is 9.90 Å². The van der Waals surface area contributed by atoms with Crippen LogP contribution in [0, 0.1) is 5.92 Å². The molecule has 0 radical (unpaired) electrons. The molecule has 0 aliphatic rings. The second-order valence-corrected chi connectivity index (χ2v) is 2.09. The Hall–Kier alpha value is -0.790. The summed E-state index contributed by atoms with van der Waals surface area (Å²) in [7, 11) is 0. The largest absolute Gasteiger partial charge is 0.481 e. The molecule has 0 saturated heterocycles. The van der Waals surface area contributed by atoms with Gasteiger partial charge in [0.05, 0.1) is 5.92 Å². The Kier molecular flexibility index (Phi) is 2.99. The second-order valence-electron chi connectivity index (χ2n) is 2.09. The van der Waals surface area contributed by atoms with Crippen LogP contribution in [0.15, 0.2) is 11.6 Å². The zero-order valence-corrected chi connectivity index (χ0v) is 6.01. The fourth-order valence-electron chi connectivity index (χ4n) is 0.445. The third kappa shape index (κ3) is 2.31. The summed E-state index contributed by atoms with van der Waals surface area (Å²) in [6.45, 7) is 5.34. The summed E-state index contributed by atoms with van der Waals surface area (Å²) >= 11 is 0. The standard InChI is InChI=1S/C7H12O2/c1-4-5(2)6(3)7(8)9/h4,6H,1-3H3,(H,8,9). The molecule has 0 saturated carbocycles. The third-order valence-corrected chi connectivity index (χ3v) is 1.51. The number of hydrogen-bond donors (Lipinski definition) is 1. The summed E-state index contributed by atoms with van der Waals surface area (Å²) in [6, 6.07) is 0. The van der Waals surface area contributed by atoms with Gasteiger partial charge in [0.2, 0.25) is 0 Å². The lowest BCUT2D eigenvalue weighted by Gasteiger charge is -2.03. The Bertz CT molecular complexity index is 136. The van der Waals surface area contributed by atoms with Crippen LogP contribution in [0.5, 0.6) is 0 Å². The lowest BCUT2D eigenvalue weighted by atomic mass is 10.0. The van der Waals surface area contributed by atoms with Gasteiger partial charge in [-0.25, -0.2) is 0 Å². The first kappa shape index (κ1) is 8.21. The van der Waals surface area contributed by atoms with Crippen molar-refractivity contribution in [3.05, 3.63) is 11.6 Å². The van der Waals surface area contributed by atoms with Gasteiger partial charge in [0.1, 0.15) is 0 Å². The zero-order chi connectivity index (χ0) is 7.44. The SMILES string of the molecule is CC=C(C)C(C)C(=O)O. The normalized spacial score (nSPS) is 15.2. The van der Waals surface area contributed by atoms with Crippen LogP contribution < -0.4 is 0 Å². The van der Waals surface area contributed by atoms with Crippen LogP contribution in [0.3, 0.4) is 0 Å². The Balaban J connectivity index is 4.04. The molecular formula is C7H12O2. The molecule has 0 aromatic rings. The molecule has 0 aromatic carbocycles. The quantitative estimate of drug-likeness (QED) is 0.574. The minimum absolute atomic E-state index is 0.338. The summed E-state index contributed by atoms with van der Waals surface area (Å²) in [6.07, 6.45) is 1.82. The minimum atomic E-state index is -0.759. The van der Waals surface area contributed by atoms with Crippen molar-refractivity contribution in [2.24, 2.45) is 5.92 Å². The second kappa shape index (κ2) is 3.28. The molecule has 2 heteroatoms. The molecular weight excluding hydrogens is 116 g/mol. The topological polar surface area (TPSA) is 37.3 Å². The Morgan fingerprint density at radius 2 is 2.11 bits per heavy atom. The molecule has 9 heavy (non-hydrogen) atoms. The molecule has 52 valence electrons. The predicted molar refractivity (Wildman–Crippen MR) is 36.2 cm³/mol. The number of aliphatic carboxylic acids is 1. The van der Waals surface area contributed by atoms with Crippen LogP contribution in [0.2, 0.25) is 0 Å². The molecule has 1 unspecified atom stereocenters. The van der Waals surface area contributed by atoms with Gasteiger partial charge in [0.15, 0.2) is 0 Å². The Morgan fingerprint density at radius 3 is 2.22 bits per heavy atom. The first-order valence-corrected chi connectivity index (χ1v) is 2.95. The summed E-state index contributed by atoms with van der Waals surface area (Å²) in [5, 5.41) is 8.44. The van der Waals surface area contributed by atoms with Gasteiger partial charge < -0.3 is 5.11 Å². The first-order chi connectivity index (χ1) is 4.09. The first-order valence-electron chi connectivity index (χ1n) is 2.95. The number of hydrogen-bond acceptors (Lipinski definition) is 1. The summed E-state index contributed by atoms with van der Waals surface area (Å²) < 4.78 is 0.